The van der Waals surface area contributed by atoms with Crippen LogP contribution in [-0.4, -0.2) is 40.7 Å². The Balaban J connectivity index is 1.82. The van der Waals surface area contributed by atoms with E-state index in [1.54, 1.807) is 18.0 Å². The smallest absolute Gasteiger partial charge is 0.257 e. The van der Waals surface area contributed by atoms with E-state index in [1.165, 1.54) is 0 Å². The van der Waals surface area contributed by atoms with Crippen LogP contribution in [0.1, 0.15) is 23.2 Å². The lowest BCUT2D eigenvalue weighted by Crippen LogP contribution is -2.39. The van der Waals surface area contributed by atoms with E-state index in [1.807, 2.05) is 30.3 Å². The summed E-state index contributed by atoms with van der Waals surface area (Å²) in [4.78, 5) is 14.1. The second-order valence-corrected chi connectivity index (χ2v) is 5.86. The number of aromatic hydroxyl groups is 1. The van der Waals surface area contributed by atoms with Gasteiger partial charge in [-0.3, -0.25) is 4.79 Å². The number of aliphatic hydroxyl groups is 1. The molecule has 0 heterocycles. The van der Waals surface area contributed by atoms with Gasteiger partial charge in [0.05, 0.1) is 11.7 Å². The lowest BCUT2D eigenvalue weighted by atomic mass is 9.82. The van der Waals surface area contributed by atoms with Crippen LogP contribution < -0.4 is 0 Å². The van der Waals surface area contributed by atoms with E-state index in [0.29, 0.717) is 23.4 Å². The highest BCUT2D eigenvalue weighted by Crippen LogP contribution is 2.31. The summed E-state index contributed by atoms with van der Waals surface area (Å²) >= 11 is 0. The van der Waals surface area contributed by atoms with Crippen molar-refractivity contribution in [1.82, 2.24) is 4.90 Å². The Kier molecular flexibility index (Phi) is 3.55. The van der Waals surface area contributed by atoms with Gasteiger partial charge in [0, 0.05) is 19.0 Å². The zero-order valence-electron chi connectivity index (χ0n) is 12.0. The number of benzene rings is 2. The third-order valence-corrected chi connectivity index (χ3v) is 4.22. The van der Waals surface area contributed by atoms with Gasteiger partial charge in [-0.2, -0.15) is 0 Å². The van der Waals surface area contributed by atoms with Crippen molar-refractivity contribution in [3.63, 3.8) is 0 Å². The van der Waals surface area contributed by atoms with E-state index < -0.39 is 0 Å². The zero-order valence-corrected chi connectivity index (χ0v) is 12.0. The first-order valence-electron chi connectivity index (χ1n) is 7.20. The van der Waals surface area contributed by atoms with Gasteiger partial charge in [-0.1, -0.05) is 30.3 Å². The van der Waals surface area contributed by atoms with Crippen LogP contribution in [0.5, 0.6) is 5.75 Å². The Labute approximate surface area is 123 Å². The normalized spacial score (nSPS) is 21.0. The number of hydrogen-bond donors (Lipinski definition) is 2. The maximum absolute atomic E-state index is 12.5. The van der Waals surface area contributed by atoms with E-state index in [9.17, 15) is 15.0 Å². The van der Waals surface area contributed by atoms with Crippen molar-refractivity contribution in [2.75, 3.05) is 13.6 Å². The molecule has 110 valence electrons. The molecule has 2 aromatic rings. The van der Waals surface area contributed by atoms with Crippen molar-refractivity contribution in [3.05, 3.63) is 42.0 Å². The summed E-state index contributed by atoms with van der Waals surface area (Å²) in [7, 11) is 1.74. The van der Waals surface area contributed by atoms with Gasteiger partial charge >= 0.3 is 0 Å². The number of carbonyl (C=O) groups is 1. The Bertz CT molecular complexity index is 677. The van der Waals surface area contributed by atoms with Crippen molar-refractivity contribution in [2.24, 2.45) is 5.92 Å². The molecule has 0 unspecified atom stereocenters. The van der Waals surface area contributed by atoms with Crippen LogP contribution in [0.25, 0.3) is 10.8 Å². The summed E-state index contributed by atoms with van der Waals surface area (Å²) in [6.45, 7) is 0.613. The molecule has 1 amide bonds. The predicted molar refractivity (Wildman–Crippen MR) is 81.3 cm³/mol. The molecule has 0 saturated heterocycles. The van der Waals surface area contributed by atoms with E-state index in [2.05, 4.69) is 0 Å². The van der Waals surface area contributed by atoms with Gasteiger partial charge in [-0.15, -0.1) is 0 Å². The minimum Gasteiger partial charge on any atom is -0.506 e. The number of aliphatic hydroxyl groups excluding tert-OH is 1. The fraction of sp³-hybridized carbons (Fsp3) is 0.353. The molecular formula is C17H19NO3. The molecule has 4 heteroatoms. The van der Waals surface area contributed by atoms with Gasteiger partial charge in [-0.05, 0) is 30.2 Å². The minimum atomic E-state index is -0.215. The molecule has 0 spiro atoms. The Morgan fingerprint density at radius 3 is 2.67 bits per heavy atom. The maximum Gasteiger partial charge on any atom is 0.257 e. The number of carbonyl (C=O) groups excluding carboxylic acids is 1. The molecule has 3 rings (SSSR count). The topological polar surface area (TPSA) is 60.8 Å². The largest absolute Gasteiger partial charge is 0.506 e. The molecule has 0 atom stereocenters. The van der Waals surface area contributed by atoms with Crippen molar-refractivity contribution in [1.29, 1.82) is 0 Å². The molecule has 0 radical (unpaired) electrons. The van der Waals surface area contributed by atoms with Crippen LogP contribution in [0, 0.1) is 5.92 Å². The van der Waals surface area contributed by atoms with Crippen molar-refractivity contribution < 1.29 is 15.0 Å². The van der Waals surface area contributed by atoms with Crippen LogP contribution in [0.3, 0.4) is 0 Å². The first kappa shape index (κ1) is 13.9. The number of fused-ring (bicyclic) bond motifs is 1. The number of phenols is 1. The predicted octanol–water partition coefficient (Wildman–Crippen LogP) is 2.39. The van der Waals surface area contributed by atoms with Crippen LogP contribution >= 0.6 is 0 Å². The molecular weight excluding hydrogens is 266 g/mol. The third kappa shape index (κ3) is 2.59. The van der Waals surface area contributed by atoms with E-state index in [4.69, 9.17) is 0 Å². The Morgan fingerprint density at radius 1 is 1.24 bits per heavy atom. The molecule has 2 N–H and O–H groups in total. The van der Waals surface area contributed by atoms with E-state index in [-0.39, 0.29) is 17.8 Å². The molecule has 1 fully saturated rings. The average molecular weight is 285 g/mol. The number of nitrogens with zero attached hydrogens (tertiary/aromatic N) is 1. The minimum absolute atomic E-state index is 0.0404. The molecule has 1 aliphatic rings. The summed E-state index contributed by atoms with van der Waals surface area (Å²) in [5, 5.41) is 21.2. The zero-order chi connectivity index (χ0) is 15.0. The van der Waals surface area contributed by atoms with Gasteiger partial charge in [0.2, 0.25) is 0 Å². The summed E-state index contributed by atoms with van der Waals surface area (Å²) in [5.74, 6) is 0.217. The standard InChI is InChI=1S/C17H19NO3/c1-18(10-11-8-13(19)9-11)17(21)15-7-6-12-4-2-3-5-14(12)16(15)20/h2-7,11,13,19-20H,8-10H2,1H3. The maximum atomic E-state index is 12.5. The molecule has 4 nitrogen and oxygen atoms in total. The summed E-state index contributed by atoms with van der Waals surface area (Å²) in [6.07, 6.45) is 1.29. The average Bonchev–Trinajstić information content (AvgIpc) is 2.45. The molecule has 21 heavy (non-hydrogen) atoms. The first-order valence-corrected chi connectivity index (χ1v) is 7.20. The van der Waals surface area contributed by atoms with E-state index in [0.717, 1.165) is 18.2 Å². The highest BCUT2D eigenvalue weighted by Gasteiger charge is 2.29. The highest BCUT2D eigenvalue weighted by atomic mass is 16.3. The fourth-order valence-corrected chi connectivity index (χ4v) is 2.95. The fourth-order valence-electron chi connectivity index (χ4n) is 2.95. The van der Waals surface area contributed by atoms with Crippen molar-refractivity contribution in [2.45, 2.75) is 18.9 Å². The van der Waals surface area contributed by atoms with Crippen LogP contribution in [-0.2, 0) is 0 Å². The van der Waals surface area contributed by atoms with Gasteiger partial charge < -0.3 is 15.1 Å². The van der Waals surface area contributed by atoms with E-state index >= 15 is 0 Å². The number of rotatable bonds is 3. The number of amides is 1. The van der Waals surface area contributed by atoms with Crippen LogP contribution in [0.15, 0.2) is 36.4 Å². The van der Waals surface area contributed by atoms with Crippen molar-refractivity contribution >= 4 is 16.7 Å². The second kappa shape index (κ2) is 5.37. The molecule has 2 aromatic carbocycles. The molecule has 1 aliphatic carbocycles. The van der Waals surface area contributed by atoms with Crippen LogP contribution in [0.4, 0.5) is 0 Å². The monoisotopic (exact) mass is 285 g/mol. The van der Waals surface area contributed by atoms with Crippen LogP contribution in [0.2, 0.25) is 0 Å². The molecule has 0 aliphatic heterocycles. The highest BCUT2D eigenvalue weighted by molar-refractivity contribution is 6.03. The number of hydrogen-bond acceptors (Lipinski definition) is 3. The van der Waals surface area contributed by atoms with Gasteiger partial charge in [0.25, 0.3) is 5.91 Å². The van der Waals surface area contributed by atoms with Gasteiger partial charge in [-0.25, -0.2) is 0 Å². The Hall–Kier alpha value is -2.07. The summed E-state index contributed by atoms with van der Waals surface area (Å²) < 4.78 is 0. The summed E-state index contributed by atoms with van der Waals surface area (Å²) in [5.41, 5.74) is 0.330. The SMILES string of the molecule is CN(CC1CC(O)C1)C(=O)c1ccc2ccccc2c1O. The second-order valence-electron chi connectivity index (χ2n) is 5.86. The Morgan fingerprint density at radius 2 is 1.95 bits per heavy atom. The van der Waals surface area contributed by atoms with Gasteiger partial charge in [0.1, 0.15) is 5.75 Å². The van der Waals surface area contributed by atoms with Crippen molar-refractivity contribution in [3.8, 4) is 5.75 Å². The third-order valence-electron chi connectivity index (χ3n) is 4.22. The first-order chi connectivity index (χ1) is 10.1. The summed E-state index contributed by atoms with van der Waals surface area (Å²) in [6, 6.07) is 11.0. The number of phenolic OH excluding ortho intramolecular Hbond substituents is 1. The van der Waals surface area contributed by atoms with Gasteiger partial charge in [0.15, 0.2) is 0 Å². The molecule has 0 aromatic heterocycles. The quantitative estimate of drug-likeness (QED) is 0.910. The lowest BCUT2D eigenvalue weighted by Gasteiger charge is -2.34. The molecule has 0 bridgehead atoms. The molecule has 1 saturated carbocycles. The lowest BCUT2D eigenvalue weighted by molar-refractivity contribution is 0.0264.